The summed E-state index contributed by atoms with van der Waals surface area (Å²) in [7, 11) is 0. The monoisotopic (exact) mass is 199 g/mol. The van der Waals surface area contributed by atoms with Crippen molar-refractivity contribution in [3.05, 3.63) is 36.2 Å². The first-order chi connectivity index (χ1) is 7.27. The molecule has 1 aliphatic rings. The number of aromatic nitrogens is 2. The fraction of sp³-hybridized carbons (Fsp3) is 0.333. The Morgan fingerprint density at radius 3 is 2.80 bits per heavy atom. The molecule has 0 unspecified atom stereocenters. The molecule has 0 aliphatic heterocycles. The molecule has 1 fully saturated rings. The zero-order chi connectivity index (χ0) is 10.3. The molecule has 15 heavy (non-hydrogen) atoms. The van der Waals surface area contributed by atoms with Gasteiger partial charge in [0.05, 0.1) is 12.4 Å². The van der Waals surface area contributed by atoms with Crippen molar-refractivity contribution < 1.29 is 0 Å². The van der Waals surface area contributed by atoms with E-state index in [-0.39, 0.29) is 5.54 Å². The van der Waals surface area contributed by atoms with Crippen molar-refractivity contribution in [2.45, 2.75) is 24.8 Å². The van der Waals surface area contributed by atoms with E-state index in [1.165, 1.54) is 10.9 Å². The van der Waals surface area contributed by atoms with E-state index in [9.17, 15) is 0 Å². The van der Waals surface area contributed by atoms with Crippen LogP contribution in [0, 0.1) is 0 Å². The Balaban J connectivity index is 2.09. The lowest BCUT2D eigenvalue weighted by molar-refractivity contribution is 0.675. The van der Waals surface area contributed by atoms with Crippen LogP contribution in [-0.2, 0) is 6.42 Å². The second-order valence-corrected chi connectivity index (χ2v) is 4.45. The van der Waals surface area contributed by atoms with Crippen LogP contribution in [0.4, 0.5) is 0 Å². The molecule has 0 radical (unpaired) electrons. The lowest BCUT2D eigenvalue weighted by Crippen LogP contribution is -2.24. The summed E-state index contributed by atoms with van der Waals surface area (Å²) >= 11 is 0. The van der Waals surface area contributed by atoms with E-state index >= 15 is 0 Å². The van der Waals surface area contributed by atoms with Gasteiger partial charge in [-0.05, 0) is 24.8 Å². The molecular weight excluding hydrogens is 186 g/mol. The van der Waals surface area contributed by atoms with Gasteiger partial charge in [0, 0.05) is 16.3 Å². The molecular formula is C12H13N3. The van der Waals surface area contributed by atoms with E-state index in [1.54, 1.807) is 6.20 Å². The summed E-state index contributed by atoms with van der Waals surface area (Å²) in [5, 5.41) is 10.1. The summed E-state index contributed by atoms with van der Waals surface area (Å²) in [4.78, 5) is 0. The lowest BCUT2D eigenvalue weighted by Gasteiger charge is -2.10. The van der Waals surface area contributed by atoms with Crippen LogP contribution in [0.1, 0.15) is 18.4 Å². The molecule has 3 heteroatoms. The second kappa shape index (κ2) is 3.00. The fourth-order valence-corrected chi connectivity index (χ4v) is 1.96. The summed E-state index contributed by atoms with van der Waals surface area (Å²) in [5.74, 6) is 0. The summed E-state index contributed by atoms with van der Waals surface area (Å²) in [6.07, 6.45) is 6.87. The molecule has 3 rings (SSSR count). The maximum absolute atomic E-state index is 6.13. The molecule has 0 saturated heterocycles. The maximum atomic E-state index is 6.13. The molecule has 76 valence electrons. The van der Waals surface area contributed by atoms with Gasteiger partial charge < -0.3 is 5.73 Å². The predicted molar refractivity (Wildman–Crippen MR) is 59.4 cm³/mol. The second-order valence-electron chi connectivity index (χ2n) is 4.45. The summed E-state index contributed by atoms with van der Waals surface area (Å²) < 4.78 is 0. The van der Waals surface area contributed by atoms with Gasteiger partial charge in [-0.3, -0.25) is 0 Å². The number of benzene rings is 1. The van der Waals surface area contributed by atoms with E-state index in [4.69, 9.17) is 5.73 Å². The molecule has 0 bridgehead atoms. The van der Waals surface area contributed by atoms with Crippen molar-refractivity contribution in [3.63, 3.8) is 0 Å². The third-order valence-corrected chi connectivity index (χ3v) is 3.12. The highest BCUT2D eigenvalue weighted by atomic mass is 15.1. The standard InChI is InChI=1S/C12H13N3/c13-12(4-5-12)6-9-2-1-3-10-7-14-15-8-11(9)10/h1-3,7-8H,4-6,13H2. The van der Waals surface area contributed by atoms with E-state index in [1.807, 2.05) is 6.20 Å². The molecule has 3 nitrogen and oxygen atoms in total. The van der Waals surface area contributed by atoms with Crippen LogP contribution in [-0.4, -0.2) is 15.7 Å². The highest BCUT2D eigenvalue weighted by molar-refractivity contribution is 5.84. The van der Waals surface area contributed by atoms with Crippen LogP contribution in [0.5, 0.6) is 0 Å². The van der Waals surface area contributed by atoms with E-state index in [2.05, 4.69) is 28.4 Å². The van der Waals surface area contributed by atoms with E-state index in [0.29, 0.717) is 0 Å². The largest absolute Gasteiger partial charge is 0.325 e. The molecule has 1 aliphatic carbocycles. The predicted octanol–water partition coefficient (Wildman–Crippen LogP) is 1.66. The van der Waals surface area contributed by atoms with Crippen molar-refractivity contribution in [2.75, 3.05) is 0 Å². The van der Waals surface area contributed by atoms with Gasteiger partial charge in [0.1, 0.15) is 0 Å². The number of hydrogen-bond acceptors (Lipinski definition) is 3. The average Bonchev–Trinajstić information content (AvgIpc) is 2.97. The Bertz CT molecular complexity index is 498. The highest BCUT2D eigenvalue weighted by Crippen LogP contribution is 2.36. The van der Waals surface area contributed by atoms with Crippen molar-refractivity contribution in [2.24, 2.45) is 5.73 Å². The average molecular weight is 199 g/mol. The SMILES string of the molecule is NC1(Cc2cccc3cnncc23)CC1. The van der Waals surface area contributed by atoms with Gasteiger partial charge >= 0.3 is 0 Å². The Kier molecular flexibility index (Phi) is 1.76. The Labute approximate surface area is 88.3 Å². The molecule has 0 amide bonds. The molecule has 1 heterocycles. The number of nitrogens with zero attached hydrogens (tertiary/aromatic N) is 2. The summed E-state index contributed by atoms with van der Waals surface area (Å²) in [6, 6.07) is 6.26. The van der Waals surface area contributed by atoms with Gasteiger partial charge in [0.2, 0.25) is 0 Å². The smallest absolute Gasteiger partial charge is 0.0577 e. The van der Waals surface area contributed by atoms with Crippen molar-refractivity contribution in [3.8, 4) is 0 Å². The van der Waals surface area contributed by atoms with Crippen LogP contribution >= 0.6 is 0 Å². The van der Waals surface area contributed by atoms with Crippen molar-refractivity contribution in [1.29, 1.82) is 0 Å². The third kappa shape index (κ3) is 1.59. The summed E-state index contributed by atoms with van der Waals surface area (Å²) in [5.41, 5.74) is 7.48. The van der Waals surface area contributed by atoms with Crippen LogP contribution in [0.15, 0.2) is 30.6 Å². The zero-order valence-corrected chi connectivity index (χ0v) is 8.48. The Hall–Kier alpha value is -1.48. The van der Waals surface area contributed by atoms with Gasteiger partial charge in [-0.15, -0.1) is 0 Å². The first-order valence-corrected chi connectivity index (χ1v) is 5.24. The first-order valence-electron chi connectivity index (χ1n) is 5.24. The molecule has 0 atom stereocenters. The molecule has 1 saturated carbocycles. The van der Waals surface area contributed by atoms with E-state index in [0.717, 1.165) is 24.6 Å². The van der Waals surface area contributed by atoms with Crippen LogP contribution in [0.2, 0.25) is 0 Å². The normalized spacial score (nSPS) is 17.9. The third-order valence-electron chi connectivity index (χ3n) is 3.12. The topological polar surface area (TPSA) is 51.8 Å². The van der Waals surface area contributed by atoms with Crippen molar-refractivity contribution in [1.82, 2.24) is 10.2 Å². The number of fused-ring (bicyclic) bond motifs is 1. The molecule has 1 aromatic carbocycles. The molecule has 0 spiro atoms. The van der Waals surface area contributed by atoms with E-state index < -0.39 is 0 Å². The Morgan fingerprint density at radius 1 is 1.20 bits per heavy atom. The minimum absolute atomic E-state index is 0.0531. The van der Waals surface area contributed by atoms with Crippen LogP contribution in [0.25, 0.3) is 10.8 Å². The van der Waals surface area contributed by atoms with Gasteiger partial charge in [-0.2, -0.15) is 10.2 Å². The summed E-state index contributed by atoms with van der Waals surface area (Å²) in [6.45, 7) is 0. The fourth-order valence-electron chi connectivity index (χ4n) is 1.96. The number of rotatable bonds is 2. The molecule has 2 aromatic rings. The quantitative estimate of drug-likeness (QED) is 0.800. The minimum Gasteiger partial charge on any atom is -0.325 e. The van der Waals surface area contributed by atoms with Crippen LogP contribution in [0.3, 0.4) is 0 Å². The van der Waals surface area contributed by atoms with Gasteiger partial charge in [-0.25, -0.2) is 0 Å². The molecule has 2 N–H and O–H groups in total. The lowest BCUT2D eigenvalue weighted by atomic mass is 10.00. The highest BCUT2D eigenvalue weighted by Gasteiger charge is 2.38. The van der Waals surface area contributed by atoms with Gasteiger partial charge in [0.25, 0.3) is 0 Å². The minimum atomic E-state index is 0.0531. The number of nitrogens with two attached hydrogens (primary N) is 1. The van der Waals surface area contributed by atoms with Gasteiger partial charge in [0.15, 0.2) is 0 Å². The molecule has 1 aromatic heterocycles. The zero-order valence-electron chi connectivity index (χ0n) is 8.48. The Morgan fingerprint density at radius 2 is 2.00 bits per heavy atom. The van der Waals surface area contributed by atoms with Crippen LogP contribution < -0.4 is 5.73 Å². The van der Waals surface area contributed by atoms with Crippen molar-refractivity contribution >= 4 is 10.8 Å². The number of hydrogen-bond donors (Lipinski definition) is 1. The first kappa shape index (κ1) is 8.80. The maximum Gasteiger partial charge on any atom is 0.0577 e. The van der Waals surface area contributed by atoms with Gasteiger partial charge in [-0.1, -0.05) is 18.2 Å².